The Labute approximate surface area is 62.0 Å². The van der Waals surface area contributed by atoms with Crippen LogP contribution in [0.3, 0.4) is 0 Å². The molecule has 56 valence electrons. The van der Waals surface area contributed by atoms with Gasteiger partial charge in [-0.15, -0.1) is 0 Å². The summed E-state index contributed by atoms with van der Waals surface area (Å²) in [5.74, 6) is 0.894. The van der Waals surface area contributed by atoms with Crippen LogP contribution in [-0.2, 0) is 0 Å². The van der Waals surface area contributed by atoms with Gasteiger partial charge in [0, 0.05) is 5.54 Å². The van der Waals surface area contributed by atoms with Gasteiger partial charge in [0.1, 0.15) is 0 Å². The molecule has 5 rings (SSSR count). The van der Waals surface area contributed by atoms with Crippen LogP contribution in [0.25, 0.3) is 0 Å². The number of fused-ring (bicyclic) bond motifs is 1. The Hall–Kier alpha value is -0.0400. The summed E-state index contributed by atoms with van der Waals surface area (Å²) in [7, 11) is 0. The van der Waals surface area contributed by atoms with Crippen molar-refractivity contribution in [3.05, 3.63) is 0 Å². The molecule has 0 spiro atoms. The number of hydrogen-bond acceptors (Lipinski definition) is 1. The molecule has 5 aliphatic carbocycles. The van der Waals surface area contributed by atoms with Crippen LogP contribution in [0.2, 0.25) is 0 Å². The van der Waals surface area contributed by atoms with Gasteiger partial charge in [0.15, 0.2) is 0 Å². The molecule has 0 unspecified atom stereocenters. The molecular formula is C9H15N. The first kappa shape index (κ1) is 5.59. The summed E-state index contributed by atoms with van der Waals surface area (Å²) in [6.45, 7) is 4.82. The summed E-state index contributed by atoms with van der Waals surface area (Å²) in [6.07, 6.45) is 4.11. The first-order valence-electron chi connectivity index (χ1n) is 4.33. The fourth-order valence-electron chi connectivity index (χ4n) is 4.33. The Morgan fingerprint density at radius 2 is 2.10 bits per heavy atom. The normalized spacial score (nSPS) is 76.5. The minimum atomic E-state index is 0.293. The molecule has 5 aliphatic rings. The van der Waals surface area contributed by atoms with E-state index >= 15 is 0 Å². The fraction of sp³-hybridized carbons (Fsp3) is 1.00. The van der Waals surface area contributed by atoms with Crippen molar-refractivity contribution in [1.82, 2.24) is 0 Å². The molecule has 1 nitrogen and oxygen atoms in total. The van der Waals surface area contributed by atoms with Gasteiger partial charge in [-0.25, -0.2) is 0 Å². The third-order valence-corrected chi connectivity index (χ3v) is 5.27. The van der Waals surface area contributed by atoms with E-state index < -0.39 is 0 Å². The molecule has 0 heterocycles. The van der Waals surface area contributed by atoms with Crippen molar-refractivity contribution in [3.8, 4) is 0 Å². The maximum Gasteiger partial charge on any atom is 0.0253 e. The third-order valence-electron chi connectivity index (χ3n) is 5.27. The second-order valence-electron chi connectivity index (χ2n) is 5.06. The summed E-state index contributed by atoms with van der Waals surface area (Å²) < 4.78 is 0. The maximum atomic E-state index is 6.26. The van der Waals surface area contributed by atoms with Crippen LogP contribution in [-0.4, -0.2) is 5.54 Å². The number of hydrogen-bond donors (Lipinski definition) is 1. The zero-order valence-electron chi connectivity index (χ0n) is 6.78. The van der Waals surface area contributed by atoms with E-state index in [1.807, 2.05) is 0 Å². The summed E-state index contributed by atoms with van der Waals surface area (Å²) in [5, 5.41) is 0. The molecule has 0 radical (unpaired) electrons. The summed E-state index contributed by atoms with van der Waals surface area (Å²) in [5.41, 5.74) is 7.76. The van der Waals surface area contributed by atoms with Crippen LogP contribution in [0.15, 0.2) is 0 Å². The third kappa shape index (κ3) is 0.219. The van der Waals surface area contributed by atoms with E-state index in [2.05, 4.69) is 13.8 Å². The second-order valence-corrected chi connectivity index (χ2v) is 5.06. The molecule has 0 saturated heterocycles. The highest BCUT2D eigenvalue weighted by Crippen LogP contribution is 2.87. The Balaban J connectivity index is 2.16. The molecule has 4 bridgehead atoms. The molecule has 4 atom stereocenters. The lowest BCUT2D eigenvalue weighted by atomic mass is 9.26. The van der Waals surface area contributed by atoms with E-state index in [1.54, 1.807) is 0 Å². The quantitative estimate of drug-likeness (QED) is 0.538. The van der Waals surface area contributed by atoms with Crippen LogP contribution in [0.5, 0.6) is 0 Å². The Kier molecular flexibility index (Phi) is 0.553. The van der Waals surface area contributed by atoms with Crippen LogP contribution >= 0.6 is 0 Å². The zero-order chi connectivity index (χ0) is 7.20. The molecular weight excluding hydrogens is 122 g/mol. The van der Waals surface area contributed by atoms with E-state index in [0.717, 1.165) is 5.92 Å². The topological polar surface area (TPSA) is 26.0 Å². The Morgan fingerprint density at radius 1 is 1.40 bits per heavy atom. The van der Waals surface area contributed by atoms with Crippen LogP contribution in [0.1, 0.15) is 33.1 Å². The van der Waals surface area contributed by atoms with Crippen molar-refractivity contribution in [2.75, 3.05) is 0 Å². The highest BCUT2D eigenvalue weighted by Gasteiger charge is 2.87. The van der Waals surface area contributed by atoms with Crippen molar-refractivity contribution in [2.24, 2.45) is 22.5 Å². The van der Waals surface area contributed by atoms with E-state index in [-0.39, 0.29) is 0 Å². The summed E-state index contributed by atoms with van der Waals surface area (Å²) >= 11 is 0. The van der Waals surface area contributed by atoms with E-state index in [9.17, 15) is 0 Å². The summed E-state index contributed by atoms with van der Waals surface area (Å²) in [4.78, 5) is 0. The minimum Gasteiger partial charge on any atom is -0.324 e. The SMILES string of the molecule is C[C@]12CC[C@@H]3[C@@]1(C)C[C@]32N. The lowest BCUT2D eigenvalue weighted by Gasteiger charge is -2.81. The van der Waals surface area contributed by atoms with Crippen LogP contribution in [0, 0.1) is 16.7 Å². The lowest BCUT2D eigenvalue weighted by Crippen LogP contribution is -2.86. The van der Waals surface area contributed by atoms with Crippen molar-refractivity contribution in [2.45, 2.75) is 38.6 Å². The molecule has 5 fully saturated rings. The largest absolute Gasteiger partial charge is 0.324 e. The average molecular weight is 137 g/mol. The molecule has 10 heavy (non-hydrogen) atoms. The van der Waals surface area contributed by atoms with Gasteiger partial charge in [-0.2, -0.15) is 0 Å². The van der Waals surface area contributed by atoms with Crippen molar-refractivity contribution >= 4 is 0 Å². The van der Waals surface area contributed by atoms with Gasteiger partial charge in [0.25, 0.3) is 0 Å². The summed E-state index contributed by atoms with van der Waals surface area (Å²) in [6, 6.07) is 0. The van der Waals surface area contributed by atoms with Crippen molar-refractivity contribution in [1.29, 1.82) is 0 Å². The predicted molar refractivity (Wildman–Crippen MR) is 40.5 cm³/mol. The molecule has 0 aromatic heterocycles. The first-order chi connectivity index (χ1) is 4.55. The van der Waals surface area contributed by atoms with Gasteiger partial charge >= 0.3 is 0 Å². The average Bonchev–Trinajstić information content (AvgIpc) is 2.19. The lowest BCUT2D eigenvalue weighted by molar-refractivity contribution is -0.285. The molecule has 0 aromatic rings. The monoisotopic (exact) mass is 137 g/mol. The van der Waals surface area contributed by atoms with Gasteiger partial charge in [0.2, 0.25) is 0 Å². The van der Waals surface area contributed by atoms with Crippen molar-refractivity contribution < 1.29 is 0 Å². The molecule has 0 amide bonds. The minimum absolute atomic E-state index is 0.293. The molecule has 0 aliphatic heterocycles. The van der Waals surface area contributed by atoms with Crippen LogP contribution < -0.4 is 5.73 Å². The number of nitrogens with two attached hydrogens (primary N) is 1. The molecule has 1 heteroatoms. The van der Waals surface area contributed by atoms with E-state index in [0.29, 0.717) is 16.4 Å². The van der Waals surface area contributed by atoms with Gasteiger partial charge in [-0.05, 0) is 36.0 Å². The van der Waals surface area contributed by atoms with Gasteiger partial charge in [-0.1, -0.05) is 13.8 Å². The standard InChI is InChI=1S/C9H15N/c1-7-5-9(10)6(7)3-4-8(7,9)2/h6H,3-5,10H2,1-2H3/t6-,7-,8+,9+/m1/s1. The van der Waals surface area contributed by atoms with Gasteiger partial charge in [0.05, 0.1) is 0 Å². The Morgan fingerprint density at radius 3 is 2.30 bits per heavy atom. The smallest absolute Gasteiger partial charge is 0.0253 e. The van der Waals surface area contributed by atoms with Gasteiger partial charge in [-0.3, -0.25) is 0 Å². The van der Waals surface area contributed by atoms with Crippen molar-refractivity contribution in [3.63, 3.8) is 0 Å². The highest BCUT2D eigenvalue weighted by atomic mass is 15.1. The first-order valence-corrected chi connectivity index (χ1v) is 4.33. The zero-order valence-corrected chi connectivity index (χ0v) is 6.78. The Bertz CT molecular complexity index is 207. The van der Waals surface area contributed by atoms with E-state index in [4.69, 9.17) is 5.73 Å². The molecule has 5 saturated carbocycles. The van der Waals surface area contributed by atoms with Crippen LogP contribution in [0.4, 0.5) is 0 Å². The molecule has 2 N–H and O–H groups in total. The maximum absolute atomic E-state index is 6.26. The molecule has 0 aromatic carbocycles. The predicted octanol–water partition coefficient (Wildman–Crippen LogP) is 1.52. The fourth-order valence-corrected chi connectivity index (χ4v) is 4.33. The number of rotatable bonds is 0. The second kappa shape index (κ2) is 0.989. The van der Waals surface area contributed by atoms with Gasteiger partial charge < -0.3 is 5.73 Å². The van der Waals surface area contributed by atoms with E-state index in [1.165, 1.54) is 19.3 Å². The highest BCUT2D eigenvalue weighted by molar-refractivity contribution is 5.40.